The molecule has 1 aromatic heterocycles. The molecule has 0 spiro atoms. The summed E-state index contributed by atoms with van der Waals surface area (Å²) in [4.78, 5) is 32.6. The van der Waals surface area contributed by atoms with Crippen LogP contribution in [0.1, 0.15) is 65.8 Å². The number of nitrogens with zero attached hydrogens (tertiary/aromatic N) is 2. The third kappa shape index (κ3) is 4.63. The van der Waals surface area contributed by atoms with Crippen LogP contribution < -0.4 is 0 Å². The zero-order valence-electron chi connectivity index (χ0n) is 21.2. The summed E-state index contributed by atoms with van der Waals surface area (Å²) in [5.74, 6) is -1.45. The number of hydrogen-bond donors (Lipinski definition) is 1. The second kappa shape index (κ2) is 9.14. The zero-order valence-corrected chi connectivity index (χ0v) is 21.2. The van der Waals surface area contributed by atoms with Crippen molar-refractivity contribution in [1.82, 2.24) is 9.88 Å². The van der Waals surface area contributed by atoms with Gasteiger partial charge in [0.2, 0.25) is 0 Å². The number of aryl methyl sites for hydroxylation is 3. The Morgan fingerprint density at radius 3 is 2.37 bits per heavy atom. The summed E-state index contributed by atoms with van der Waals surface area (Å²) < 4.78 is 0. The SMILES string of the molecule is Cc1ccc(C)c(CN2C(=O)C(=O)/C(=C(/O)c3cc(C(C)(C)C)ccc3C)C2c2cccnc2)c1. The van der Waals surface area contributed by atoms with Crippen molar-refractivity contribution in [3.8, 4) is 0 Å². The molecule has 1 aliphatic heterocycles. The number of pyridine rings is 1. The maximum Gasteiger partial charge on any atom is 0.295 e. The molecule has 2 heterocycles. The third-order valence-electron chi connectivity index (χ3n) is 6.74. The van der Waals surface area contributed by atoms with Gasteiger partial charge < -0.3 is 10.0 Å². The van der Waals surface area contributed by atoms with Gasteiger partial charge in [0.1, 0.15) is 5.76 Å². The first-order valence-corrected chi connectivity index (χ1v) is 11.8. The van der Waals surface area contributed by atoms with E-state index in [0.29, 0.717) is 11.1 Å². The number of aromatic nitrogens is 1. The zero-order chi connectivity index (χ0) is 25.5. The lowest BCUT2D eigenvalue weighted by molar-refractivity contribution is -0.140. The van der Waals surface area contributed by atoms with Crippen LogP contribution in [0.5, 0.6) is 0 Å². The quantitative estimate of drug-likeness (QED) is 0.293. The van der Waals surface area contributed by atoms with E-state index in [1.807, 2.05) is 63.2 Å². The fraction of sp³-hybridized carbons (Fsp3) is 0.300. The molecule has 1 amide bonds. The van der Waals surface area contributed by atoms with E-state index >= 15 is 0 Å². The van der Waals surface area contributed by atoms with Gasteiger partial charge in [-0.2, -0.15) is 0 Å². The predicted octanol–water partition coefficient (Wildman–Crippen LogP) is 5.93. The molecule has 5 heteroatoms. The molecule has 3 aromatic rings. The van der Waals surface area contributed by atoms with Crippen LogP contribution in [0.4, 0.5) is 0 Å². The van der Waals surface area contributed by atoms with Crippen LogP contribution in [0, 0.1) is 20.8 Å². The Kier molecular flexibility index (Phi) is 6.37. The number of rotatable bonds is 4. The summed E-state index contributed by atoms with van der Waals surface area (Å²) in [6.45, 7) is 12.4. The number of Topliss-reactive ketones (excluding diaryl/α,β-unsaturated/α-hetero) is 1. The molecule has 5 nitrogen and oxygen atoms in total. The Balaban J connectivity index is 1.91. The number of likely N-dealkylation sites (tertiary alicyclic amines) is 1. The molecule has 1 atom stereocenters. The van der Waals surface area contributed by atoms with Gasteiger partial charge in [-0.25, -0.2) is 0 Å². The molecule has 1 saturated heterocycles. The standard InChI is InChI=1S/C30H32N2O3/c1-18-9-10-19(2)22(14-18)17-32-26(21-8-7-13-31-16-21)25(28(34)29(32)35)27(33)24-15-23(30(4,5)6)12-11-20(24)3/h7-16,26,33H,17H2,1-6H3/b27-25+. The van der Waals surface area contributed by atoms with Gasteiger partial charge in [0.15, 0.2) is 0 Å². The van der Waals surface area contributed by atoms with Crippen molar-refractivity contribution in [2.75, 3.05) is 0 Å². The van der Waals surface area contributed by atoms with Crippen molar-refractivity contribution < 1.29 is 14.7 Å². The predicted molar refractivity (Wildman–Crippen MR) is 138 cm³/mol. The van der Waals surface area contributed by atoms with Crippen molar-refractivity contribution in [3.05, 3.63) is 105 Å². The summed E-state index contributed by atoms with van der Waals surface area (Å²) in [7, 11) is 0. The van der Waals surface area contributed by atoms with Crippen molar-refractivity contribution in [2.24, 2.45) is 0 Å². The fourth-order valence-corrected chi connectivity index (χ4v) is 4.57. The number of aliphatic hydroxyl groups excluding tert-OH is 1. The summed E-state index contributed by atoms with van der Waals surface area (Å²) in [5, 5.41) is 11.6. The van der Waals surface area contributed by atoms with Gasteiger partial charge in [0.05, 0.1) is 11.6 Å². The Hall–Kier alpha value is -3.73. The van der Waals surface area contributed by atoms with Gasteiger partial charge in [-0.05, 0) is 66.1 Å². The van der Waals surface area contributed by atoms with Gasteiger partial charge >= 0.3 is 0 Å². The molecule has 35 heavy (non-hydrogen) atoms. The number of aliphatic hydroxyl groups is 1. The molecule has 0 aliphatic carbocycles. The van der Waals surface area contributed by atoms with Crippen molar-refractivity contribution in [3.63, 3.8) is 0 Å². The molecule has 2 aromatic carbocycles. The number of benzene rings is 2. The highest BCUT2D eigenvalue weighted by Crippen LogP contribution is 2.41. The molecule has 180 valence electrons. The lowest BCUT2D eigenvalue weighted by atomic mass is 9.84. The van der Waals surface area contributed by atoms with E-state index in [1.165, 1.54) is 0 Å². The maximum absolute atomic E-state index is 13.4. The van der Waals surface area contributed by atoms with E-state index in [2.05, 4.69) is 25.8 Å². The Morgan fingerprint density at radius 1 is 1.00 bits per heavy atom. The van der Waals surface area contributed by atoms with Gasteiger partial charge in [0.25, 0.3) is 11.7 Å². The highest BCUT2D eigenvalue weighted by molar-refractivity contribution is 6.46. The molecule has 1 N–H and O–H groups in total. The second-order valence-corrected chi connectivity index (χ2v) is 10.4. The van der Waals surface area contributed by atoms with Gasteiger partial charge in [0, 0.05) is 24.5 Å². The van der Waals surface area contributed by atoms with Crippen LogP contribution in [0.3, 0.4) is 0 Å². The second-order valence-electron chi connectivity index (χ2n) is 10.4. The third-order valence-corrected chi connectivity index (χ3v) is 6.74. The van der Waals surface area contributed by atoms with Gasteiger partial charge in [-0.1, -0.05) is 62.7 Å². The molecule has 0 saturated carbocycles. The number of carbonyl (C=O) groups is 2. The smallest absolute Gasteiger partial charge is 0.295 e. The Labute approximate surface area is 207 Å². The molecular formula is C30H32N2O3. The van der Waals surface area contributed by atoms with Crippen LogP contribution in [-0.4, -0.2) is 26.7 Å². The molecule has 0 bridgehead atoms. The molecule has 4 rings (SSSR count). The van der Waals surface area contributed by atoms with Crippen molar-refractivity contribution in [1.29, 1.82) is 0 Å². The average molecular weight is 469 g/mol. The van der Waals surface area contributed by atoms with Crippen LogP contribution in [0.2, 0.25) is 0 Å². The fourth-order valence-electron chi connectivity index (χ4n) is 4.57. The molecule has 1 unspecified atom stereocenters. The molecule has 1 fully saturated rings. The first kappa shape index (κ1) is 24.4. The summed E-state index contributed by atoms with van der Waals surface area (Å²) in [6, 6.07) is 14.9. The van der Waals surface area contributed by atoms with E-state index in [0.717, 1.165) is 27.8 Å². The van der Waals surface area contributed by atoms with Gasteiger partial charge in [-0.15, -0.1) is 0 Å². The minimum atomic E-state index is -0.735. The summed E-state index contributed by atoms with van der Waals surface area (Å²) >= 11 is 0. The monoisotopic (exact) mass is 468 g/mol. The van der Waals surface area contributed by atoms with Crippen molar-refractivity contribution >= 4 is 17.4 Å². The minimum Gasteiger partial charge on any atom is -0.507 e. The number of hydrogen-bond acceptors (Lipinski definition) is 4. The Bertz CT molecular complexity index is 1330. The highest BCUT2D eigenvalue weighted by atomic mass is 16.3. The average Bonchev–Trinajstić information content (AvgIpc) is 3.06. The van der Waals surface area contributed by atoms with Crippen LogP contribution in [0.15, 0.2) is 66.5 Å². The summed E-state index contributed by atoms with van der Waals surface area (Å²) in [5.41, 5.74) is 6.16. The largest absolute Gasteiger partial charge is 0.507 e. The van der Waals surface area contributed by atoms with Crippen LogP contribution in [-0.2, 0) is 21.5 Å². The van der Waals surface area contributed by atoms with E-state index in [1.54, 1.807) is 23.4 Å². The highest BCUT2D eigenvalue weighted by Gasteiger charge is 2.46. The first-order valence-electron chi connectivity index (χ1n) is 11.8. The topological polar surface area (TPSA) is 70.5 Å². The van der Waals surface area contributed by atoms with E-state index < -0.39 is 17.7 Å². The Morgan fingerprint density at radius 2 is 1.71 bits per heavy atom. The maximum atomic E-state index is 13.4. The lowest BCUT2D eigenvalue weighted by Crippen LogP contribution is -2.29. The van der Waals surface area contributed by atoms with E-state index in [9.17, 15) is 14.7 Å². The van der Waals surface area contributed by atoms with Crippen LogP contribution in [0.25, 0.3) is 5.76 Å². The van der Waals surface area contributed by atoms with Gasteiger partial charge in [-0.3, -0.25) is 14.6 Å². The number of amides is 1. The van der Waals surface area contributed by atoms with E-state index in [4.69, 9.17) is 0 Å². The number of carbonyl (C=O) groups excluding carboxylic acids is 2. The van der Waals surface area contributed by atoms with E-state index in [-0.39, 0.29) is 23.3 Å². The lowest BCUT2D eigenvalue weighted by Gasteiger charge is -2.26. The number of ketones is 1. The minimum absolute atomic E-state index is 0.0995. The molecule has 0 radical (unpaired) electrons. The van der Waals surface area contributed by atoms with Crippen molar-refractivity contribution in [2.45, 2.75) is 59.5 Å². The normalized spacial score (nSPS) is 17.8. The van der Waals surface area contributed by atoms with Crippen LogP contribution >= 0.6 is 0 Å². The first-order chi connectivity index (χ1) is 16.5. The molecule has 1 aliphatic rings. The molecular weight excluding hydrogens is 436 g/mol. The summed E-state index contributed by atoms with van der Waals surface area (Å²) in [6.07, 6.45) is 3.30.